The third-order valence-corrected chi connectivity index (χ3v) is 8.21. The Morgan fingerprint density at radius 3 is 2.34 bits per heavy atom. The lowest BCUT2D eigenvalue weighted by Gasteiger charge is -2.32. The number of likely N-dealkylation sites (N-methyl/N-ethyl adjacent to an activating group) is 1. The molecule has 2 fully saturated rings. The molecule has 35 heavy (non-hydrogen) atoms. The van der Waals surface area contributed by atoms with E-state index in [1.165, 1.54) is 25.7 Å². The van der Waals surface area contributed by atoms with E-state index in [0.29, 0.717) is 25.2 Å². The minimum Gasteiger partial charge on any atom is -0.342 e. The molecule has 1 heterocycles. The molecule has 0 radical (unpaired) electrons. The summed E-state index contributed by atoms with van der Waals surface area (Å²) in [5, 5.41) is 6.18. The first-order chi connectivity index (χ1) is 17.0. The number of nitrogens with one attached hydrogen (secondary N) is 2. The fourth-order valence-corrected chi connectivity index (χ4v) is 6.19. The number of hydrogen-bond donors (Lipinski definition) is 2. The SMILES string of the molecule is CN1C(=O)C(NC(=O)C2(NC(=O)CCC3CCCC3)CCCC2)c2ccccc2-c2ccccc21. The molecule has 2 aliphatic carbocycles. The molecular formula is C29H35N3O3. The van der Waals surface area contributed by atoms with Crippen LogP contribution in [0.15, 0.2) is 48.5 Å². The number of benzene rings is 2. The van der Waals surface area contributed by atoms with Crippen molar-refractivity contribution in [2.24, 2.45) is 5.92 Å². The van der Waals surface area contributed by atoms with Crippen molar-refractivity contribution in [1.82, 2.24) is 10.6 Å². The van der Waals surface area contributed by atoms with Crippen LogP contribution in [0.5, 0.6) is 0 Å². The molecule has 6 heteroatoms. The summed E-state index contributed by atoms with van der Waals surface area (Å²) in [7, 11) is 1.75. The standard InChI is InChI=1S/C29H35N3O3/c1-32-24-15-7-6-13-22(24)21-12-4-5-14-23(21)26(27(32)34)30-28(35)29(18-8-9-19-29)31-25(33)17-16-20-10-2-3-11-20/h4-7,12-15,20,26H,2-3,8-11,16-19H2,1H3,(H,30,35)(H,31,33). The highest BCUT2D eigenvalue weighted by Crippen LogP contribution is 2.40. The van der Waals surface area contributed by atoms with Crippen LogP contribution >= 0.6 is 0 Å². The number of para-hydroxylation sites is 1. The zero-order valence-electron chi connectivity index (χ0n) is 20.5. The normalized spacial score (nSPS) is 21.2. The number of carbonyl (C=O) groups is 3. The fourth-order valence-electron chi connectivity index (χ4n) is 6.19. The smallest absolute Gasteiger partial charge is 0.253 e. The monoisotopic (exact) mass is 473 g/mol. The Morgan fingerprint density at radius 2 is 1.60 bits per heavy atom. The molecule has 2 aromatic rings. The second kappa shape index (κ2) is 9.84. The molecule has 1 atom stereocenters. The molecule has 6 nitrogen and oxygen atoms in total. The highest BCUT2D eigenvalue weighted by molar-refractivity contribution is 6.06. The van der Waals surface area contributed by atoms with Gasteiger partial charge in [0.05, 0.1) is 5.69 Å². The van der Waals surface area contributed by atoms with Gasteiger partial charge >= 0.3 is 0 Å². The van der Waals surface area contributed by atoms with Crippen molar-refractivity contribution in [3.8, 4) is 11.1 Å². The number of carbonyl (C=O) groups excluding carboxylic acids is 3. The maximum absolute atomic E-state index is 13.8. The predicted molar refractivity (Wildman–Crippen MR) is 137 cm³/mol. The van der Waals surface area contributed by atoms with Crippen LogP contribution in [0, 0.1) is 5.92 Å². The first-order valence-corrected chi connectivity index (χ1v) is 13.1. The largest absolute Gasteiger partial charge is 0.342 e. The van der Waals surface area contributed by atoms with E-state index in [0.717, 1.165) is 41.6 Å². The van der Waals surface area contributed by atoms with E-state index >= 15 is 0 Å². The molecule has 3 aliphatic rings. The van der Waals surface area contributed by atoms with Gasteiger partial charge in [-0.25, -0.2) is 0 Å². The Morgan fingerprint density at radius 1 is 0.943 bits per heavy atom. The van der Waals surface area contributed by atoms with E-state index in [9.17, 15) is 14.4 Å². The molecule has 3 amide bonds. The zero-order chi connectivity index (χ0) is 24.4. The van der Waals surface area contributed by atoms with E-state index in [1.54, 1.807) is 11.9 Å². The molecule has 5 rings (SSSR count). The van der Waals surface area contributed by atoms with E-state index in [-0.39, 0.29) is 17.7 Å². The van der Waals surface area contributed by atoms with Gasteiger partial charge in [0, 0.05) is 19.0 Å². The molecule has 2 aromatic carbocycles. The number of amides is 3. The number of rotatable bonds is 6. The molecule has 0 spiro atoms. The van der Waals surface area contributed by atoms with Crippen molar-refractivity contribution in [2.45, 2.75) is 75.8 Å². The summed E-state index contributed by atoms with van der Waals surface area (Å²) < 4.78 is 0. The van der Waals surface area contributed by atoms with Gasteiger partial charge in [-0.15, -0.1) is 0 Å². The minimum atomic E-state index is -0.945. The quantitative estimate of drug-likeness (QED) is 0.627. The van der Waals surface area contributed by atoms with Gasteiger partial charge in [0.2, 0.25) is 11.8 Å². The van der Waals surface area contributed by atoms with Crippen LogP contribution in [-0.2, 0) is 14.4 Å². The lowest BCUT2D eigenvalue weighted by atomic mass is 9.92. The van der Waals surface area contributed by atoms with Crippen molar-refractivity contribution < 1.29 is 14.4 Å². The Balaban J connectivity index is 1.38. The second-order valence-electron chi connectivity index (χ2n) is 10.4. The summed E-state index contributed by atoms with van der Waals surface area (Å²) in [4.78, 5) is 41.9. The lowest BCUT2D eigenvalue weighted by Crippen LogP contribution is -2.58. The van der Waals surface area contributed by atoms with E-state index in [4.69, 9.17) is 0 Å². The first kappa shape index (κ1) is 23.6. The molecule has 0 aromatic heterocycles. The van der Waals surface area contributed by atoms with Crippen LogP contribution < -0.4 is 15.5 Å². The van der Waals surface area contributed by atoms with Gasteiger partial charge in [-0.2, -0.15) is 0 Å². The van der Waals surface area contributed by atoms with Crippen LogP contribution in [0.2, 0.25) is 0 Å². The van der Waals surface area contributed by atoms with Gasteiger partial charge in [-0.05, 0) is 42.4 Å². The summed E-state index contributed by atoms with van der Waals surface area (Å²) in [5.41, 5.74) is 2.55. The first-order valence-electron chi connectivity index (χ1n) is 13.1. The van der Waals surface area contributed by atoms with E-state index in [1.807, 2.05) is 48.5 Å². The summed E-state index contributed by atoms with van der Waals surface area (Å²) in [6.07, 6.45) is 9.26. The van der Waals surface area contributed by atoms with Gasteiger partial charge in [0.25, 0.3) is 5.91 Å². The van der Waals surface area contributed by atoms with Crippen LogP contribution in [0.1, 0.15) is 75.8 Å². The molecular weight excluding hydrogens is 438 g/mol. The molecule has 184 valence electrons. The third kappa shape index (κ3) is 4.58. The fraction of sp³-hybridized carbons (Fsp3) is 0.483. The summed E-state index contributed by atoms with van der Waals surface area (Å²) in [6.45, 7) is 0. The summed E-state index contributed by atoms with van der Waals surface area (Å²) >= 11 is 0. The maximum atomic E-state index is 13.8. The summed E-state index contributed by atoms with van der Waals surface area (Å²) in [6, 6.07) is 14.8. The van der Waals surface area contributed by atoms with E-state index in [2.05, 4.69) is 10.6 Å². The van der Waals surface area contributed by atoms with Crippen LogP contribution in [0.25, 0.3) is 11.1 Å². The van der Waals surface area contributed by atoms with Gasteiger partial charge < -0.3 is 15.5 Å². The van der Waals surface area contributed by atoms with Crippen molar-refractivity contribution in [3.05, 3.63) is 54.1 Å². The molecule has 2 N–H and O–H groups in total. The molecule has 0 saturated heterocycles. The van der Waals surface area contributed by atoms with Gasteiger partial charge in [0.15, 0.2) is 0 Å². The van der Waals surface area contributed by atoms with Crippen LogP contribution in [-0.4, -0.2) is 30.3 Å². The highest BCUT2D eigenvalue weighted by atomic mass is 16.2. The lowest BCUT2D eigenvalue weighted by molar-refractivity contribution is -0.135. The predicted octanol–water partition coefficient (Wildman–Crippen LogP) is 4.89. The Labute approximate surface area is 207 Å². The van der Waals surface area contributed by atoms with Crippen LogP contribution in [0.4, 0.5) is 5.69 Å². The second-order valence-corrected chi connectivity index (χ2v) is 10.4. The number of fused-ring (bicyclic) bond motifs is 3. The van der Waals surface area contributed by atoms with Gasteiger partial charge in [0.1, 0.15) is 11.6 Å². The van der Waals surface area contributed by atoms with Crippen molar-refractivity contribution in [2.75, 3.05) is 11.9 Å². The average molecular weight is 474 g/mol. The molecule has 1 unspecified atom stereocenters. The van der Waals surface area contributed by atoms with Gasteiger partial charge in [-0.3, -0.25) is 14.4 Å². The Bertz CT molecular complexity index is 1120. The average Bonchev–Trinajstić information content (AvgIpc) is 3.57. The maximum Gasteiger partial charge on any atom is 0.253 e. The van der Waals surface area contributed by atoms with Gasteiger partial charge in [-0.1, -0.05) is 81.0 Å². The minimum absolute atomic E-state index is 0.0499. The topological polar surface area (TPSA) is 78.5 Å². The number of hydrogen-bond acceptors (Lipinski definition) is 3. The molecule has 2 saturated carbocycles. The third-order valence-electron chi connectivity index (χ3n) is 8.21. The van der Waals surface area contributed by atoms with E-state index < -0.39 is 11.6 Å². The molecule has 0 bridgehead atoms. The zero-order valence-corrected chi connectivity index (χ0v) is 20.5. The Hall–Kier alpha value is -3.15. The number of anilines is 1. The van der Waals surface area contributed by atoms with Crippen molar-refractivity contribution in [3.63, 3.8) is 0 Å². The number of nitrogens with zero attached hydrogens (tertiary/aromatic N) is 1. The van der Waals surface area contributed by atoms with Crippen molar-refractivity contribution in [1.29, 1.82) is 0 Å². The molecule has 1 aliphatic heterocycles. The highest BCUT2D eigenvalue weighted by Gasteiger charge is 2.45. The summed E-state index contributed by atoms with van der Waals surface area (Å²) in [5.74, 6) is 0.144. The Kier molecular flexibility index (Phi) is 6.63. The van der Waals surface area contributed by atoms with Crippen LogP contribution in [0.3, 0.4) is 0 Å². The van der Waals surface area contributed by atoms with Crippen molar-refractivity contribution >= 4 is 23.4 Å².